The first kappa shape index (κ1) is 12.1. The van der Waals surface area contributed by atoms with Gasteiger partial charge in [-0.2, -0.15) is 4.98 Å². The Kier molecular flexibility index (Phi) is 3.78. The van der Waals surface area contributed by atoms with Crippen LogP contribution in [-0.2, 0) is 4.74 Å². The highest BCUT2D eigenvalue weighted by Gasteiger charge is 2.24. The fourth-order valence-electron chi connectivity index (χ4n) is 1.93. The van der Waals surface area contributed by atoms with Crippen LogP contribution >= 0.6 is 0 Å². The Hall–Kier alpha value is -1.36. The first-order valence-corrected chi connectivity index (χ1v) is 6.16. The topological polar surface area (TPSA) is 59.1 Å². The van der Waals surface area contributed by atoms with Crippen LogP contribution in [0.1, 0.15) is 25.8 Å². The Bertz CT molecular complexity index is 383. The van der Waals surface area contributed by atoms with E-state index in [9.17, 15) is 0 Å². The normalized spacial score (nSPS) is 23.7. The summed E-state index contributed by atoms with van der Waals surface area (Å²) in [5.74, 6) is 1.57. The molecule has 2 unspecified atom stereocenters. The molecule has 1 aliphatic rings. The Morgan fingerprint density at radius 2 is 2.35 bits per heavy atom. The largest absolute Gasteiger partial charge is 0.376 e. The lowest BCUT2D eigenvalue weighted by molar-refractivity contribution is 0.121. The van der Waals surface area contributed by atoms with E-state index in [0.29, 0.717) is 12.0 Å². The van der Waals surface area contributed by atoms with Crippen LogP contribution in [0.15, 0.2) is 6.20 Å². The van der Waals surface area contributed by atoms with Crippen molar-refractivity contribution in [2.24, 2.45) is 0 Å². The molecule has 1 saturated heterocycles. The van der Waals surface area contributed by atoms with Gasteiger partial charge < -0.3 is 15.4 Å². The summed E-state index contributed by atoms with van der Waals surface area (Å²) in [7, 11) is 0. The highest BCUT2D eigenvalue weighted by molar-refractivity contribution is 5.47. The number of ether oxygens (including phenoxy) is 1. The summed E-state index contributed by atoms with van der Waals surface area (Å²) in [5.41, 5.74) is 1.06. The van der Waals surface area contributed by atoms with Gasteiger partial charge in [-0.15, -0.1) is 0 Å². The molecule has 2 heterocycles. The van der Waals surface area contributed by atoms with Gasteiger partial charge in [-0.05, 0) is 27.2 Å². The first-order valence-electron chi connectivity index (χ1n) is 6.16. The molecule has 1 aromatic rings. The van der Waals surface area contributed by atoms with E-state index >= 15 is 0 Å². The van der Waals surface area contributed by atoms with Crippen LogP contribution in [0.2, 0.25) is 0 Å². The molecule has 5 nitrogen and oxygen atoms in total. The molecule has 0 amide bonds. The molecule has 0 spiro atoms. The second-order valence-corrected chi connectivity index (χ2v) is 4.37. The minimum absolute atomic E-state index is 0.243. The van der Waals surface area contributed by atoms with Gasteiger partial charge in [0.1, 0.15) is 5.82 Å². The zero-order valence-corrected chi connectivity index (χ0v) is 10.7. The maximum Gasteiger partial charge on any atom is 0.224 e. The molecular formula is C12H20N4O. The maximum atomic E-state index is 5.53. The van der Waals surface area contributed by atoms with E-state index in [1.54, 1.807) is 0 Å². The molecule has 0 bridgehead atoms. The molecule has 2 N–H and O–H groups in total. The van der Waals surface area contributed by atoms with Crippen LogP contribution in [0.25, 0.3) is 0 Å². The van der Waals surface area contributed by atoms with Crippen molar-refractivity contribution in [1.82, 2.24) is 9.97 Å². The Morgan fingerprint density at radius 3 is 3.00 bits per heavy atom. The van der Waals surface area contributed by atoms with Gasteiger partial charge in [0.2, 0.25) is 5.95 Å². The average Bonchev–Trinajstić information content (AvgIpc) is 2.70. The molecule has 0 radical (unpaired) electrons. The quantitative estimate of drug-likeness (QED) is 0.835. The SMILES string of the molecule is CCNc1ncc(C)c(NC2CCOC2C)n1. The predicted molar refractivity (Wildman–Crippen MR) is 68.4 cm³/mol. The second kappa shape index (κ2) is 5.31. The van der Waals surface area contributed by atoms with E-state index in [4.69, 9.17) is 4.74 Å². The smallest absolute Gasteiger partial charge is 0.224 e. The summed E-state index contributed by atoms with van der Waals surface area (Å²) in [6.45, 7) is 7.78. The highest BCUT2D eigenvalue weighted by atomic mass is 16.5. The number of aromatic nitrogens is 2. The molecule has 2 rings (SSSR count). The maximum absolute atomic E-state index is 5.53. The second-order valence-electron chi connectivity index (χ2n) is 4.37. The molecule has 5 heteroatoms. The molecule has 1 aromatic heterocycles. The third-order valence-corrected chi connectivity index (χ3v) is 3.00. The minimum atomic E-state index is 0.243. The number of hydrogen-bond donors (Lipinski definition) is 2. The molecule has 94 valence electrons. The van der Waals surface area contributed by atoms with Gasteiger partial charge in [0, 0.05) is 24.9 Å². The number of anilines is 2. The van der Waals surface area contributed by atoms with Gasteiger partial charge in [0.25, 0.3) is 0 Å². The van der Waals surface area contributed by atoms with Crippen molar-refractivity contribution < 1.29 is 4.74 Å². The lowest BCUT2D eigenvalue weighted by atomic mass is 10.1. The van der Waals surface area contributed by atoms with Crippen molar-refractivity contribution in [3.8, 4) is 0 Å². The van der Waals surface area contributed by atoms with E-state index in [1.165, 1.54) is 0 Å². The molecule has 0 aromatic carbocycles. The summed E-state index contributed by atoms with van der Waals surface area (Å²) in [6, 6.07) is 0.345. The van der Waals surface area contributed by atoms with Crippen LogP contribution in [0.3, 0.4) is 0 Å². The van der Waals surface area contributed by atoms with Crippen LogP contribution in [0.4, 0.5) is 11.8 Å². The molecule has 0 saturated carbocycles. The zero-order valence-electron chi connectivity index (χ0n) is 10.7. The Labute approximate surface area is 102 Å². The monoisotopic (exact) mass is 236 g/mol. The lowest BCUT2D eigenvalue weighted by Gasteiger charge is -2.18. The van der Waals surface area contributed by atoms with Gasteiger partial charge in [-0.3, -0.25) is 0 Å². The van der Waals surface area contributed by atoms with Crippen molar-refractivity contribution >= 4 is 11.8 Å². The third-order valence-electron chi connectivity index (χ3n) is 3.00. The minimum Gasteiger partial charge on any atom is -0.376 e. The van der Waals surface area contributed by atoms with Crippen LogP contribution in [0, 0.1) is 6.92 Å². The molecule has 0 aliphatic carbocycles. The summed E-state index contributed by atoms with van der Waals surface area (Å²) in [4.78, 5) is 8.70. The lowest BCUT2D eigenvalue weighted by Crippen LogP contribution is -2.27. The third kappa shape index (κ3) is 2.85. The molecular weight excluding hydrogens is 216 g/mol. The van der Waals surface area contributed by atoms with Crippen LogP contribution in [0.5, 0.6) is 0 Å². The molecule has 1 fully saturated rings. The molecule has 1 aliphatic heterocycles. The van der Waals surface area contributed by atoms with Crippen molar-refractivity contribution in [3.63, 3.8) is 0 Å². The van der Waals surface area contributed by atoms with E-state index in [2.05, 4.69) is 27.5 Å². The summed E-state index contributed by atoms with van der Waals surface area (Å²) in [6.07, 6.45) is 3.11. The molecule has 17 heavy (non-hydrogen) atoms. The van der Waals surface area contributed by atoms with Gasteiger partial charge in [0.15, 0.2) is 0 Å². The summed E-state index contributed by atoms with van der Waals surface area (Å²) < 4.78 is 5.53. The van der Waals surface area contributed by atoms with E-state index in [-0.39, 0.29) is 6.10 Å². The van der Waals surface area contributed by atoms with Crippen LogP contribution < -0.4 is 10.6 Å². The highest BCUT2D eigenvalue weighted by Crippen LogP contribution is 2.20. The van der Waals surface area contributed by atoms with Crippen molar-refractivity contribution in [3.05, 3.63) is 11.8 Å². The van der Waals surface area contributed by atoms with Crippen molar-refractivity contribution in [2.75, 3.05) is 23.8 Å². The van der Waals surface area contributed by atoms with Crippen molar-refractivity contribution in [2.45, 2.75) is 39.3 Å². The summed E-state index contributed by atoms with van der Waals surface area (Å²) >= 11 is 0. The van der Waals surface area contributed by atoms with Crippen LogP contribution in [-0.4, -0.2) is 35.3 Å². The number of rotatable bonds is 4. The van der Waals surface area contributed by atoms with E-state index < -0.39 is 0 Å². The number of hydrogen-bond acceptors (Lipinski definition) is 5. The number of aryl methyl sites for hydroxylation is 1. The zero-order chi connectivity index (χ0) is 12.3. The van der Waals surface area contributed by atoms with Gasteiger partial charge >= 0.3 is 0 Å². The van der Waals surface area contributed by atoms with Gasteiger partial charge in [-0.1, -0.05) is 0 Å². The fraction of sp³-hybridized carbons (Fsp3) is 0.667. The average molecular weight is 236 g/mol. The number of nitrogens with one attached hydrogen (secondary N) is 2. The van der Waals surface area contributed by atoms with Crippen molar-refractivity contribution in [1.29, 1.82) is 0 Å². The predicted octanol–water partition coefficient (Wildman–Crippen LogP) is 1.81. The molecule has 2 atom stereocenters. The van der Waals surface area contributed by atoms with E-state index in [0.717, 1.165) is 31.0 Å². The Morgan fingerprint density at radius 1 is 1.53 bits per heavy atom. The fourth-order valence-corrected chi connectivity index (χ4v) is 1.93. The Balaban J connectivity index is 2.10. The van der Waals surface area contributed by atoms with Gasteiger partial charge in [-0.25, -0.2) is 4.98 Å². The standard InChI is InChI=1S/C12H20N4O/c1-4-13-12-14-7-8(2)11(16-12)15-10-5-6-17-9(10)3/h7,9-10H,4-6H2,1-3H3,(H2,13,14,15,16). The van der Waals surface area contributed by atoms with Gasteiger partial charge in [0.05, 0.1) is 12.1 Å². The number of nitrogens with zero attached hydrogens (tertiary/aromatic N) is 2. The first-order chi connectivity index (χ1) is 8.20. The summed E-state index contributed by atoms with van der Waals surface area (Å²) in [5, 5.41) is 6.56. The van der Waals surface area contributed by atoms with E-state index in [1.807, 2.05) is 20.0 Å².